The predicted molar refractivity (Wildman–Crippen MR) is 83.8 cm³/mol. The highest BCUT2D eigenvalue weighted by Gasteiger charge is 2.35. The zero-order valence-electron chi connectivity index (χ0n) is 12.8. The van der Waals surface area contributed by atoms with E-state index in [1.54, 1.807) is 48.4 Å². The number of likely N-dealkylation sites (tertiary alicyclic amines) is 1. The molecule has 5 heteroatoms. The summed E-state index contributed by atoms with van der Waals surface area (Å²) in [7, 11) is 1.57. The molecule has 1 N–H and O–H groups in total. The minimum atomic E-state index is -0.577. The Bertz CT molecular complexity index is 684. The van der Waals surface area contributed by atoms with Gasteiger partial charge in [-0.3, -0.25) is 4.79 Å². The maximum absolute atomic E-state index is 13.1. The van der Waals surface area contributed by atoms with Crippen molar-refractivity contribution < 1.29 is 19.0 Å². The molecular weight excluding hydrogens is 297 g/mol. The van der Waals surface area contributed by atoms with Crippen LogP contribution < -0.4 is 4.74 Å². The van der Waals surface area contributed by atoms with E-state index in [0.717, 1.165) is 5.56 Å². The molecule has 4 nitrogen and oxygen atoms in total. The molecule has 0 unspecified atom stereocenters. The molecule has 1 aliphatic heterocycles. The highest BCUT2D eigenvalue weighted by atomic mass is 19.1. The number of methoxy groups -OCH3 is 1. The van der Waals surface area contributed by atoms with Gasteiger partial charge in [0.1, 0.15) is 11.6 Å². The summed E-state index contributed by atoms with van der Waals surface area (Å²) in [6.07, 6.45) is -0.125. The number of rotatable bonds is 3. The fourth-order valence-corrected chi connectivity index (χ4v) is 2.94. The number of benzene rings is 2. The summed E-state index contributed by atoms with van der Waals surface area (Å²) in [6, 6.07) is 12.7. The first kappa shape index (κ1) is 15.5. The van der Waals surface area contributed by atoms with Crippen LogP contribution in [0, 0.1) is 5.82 Å². The second-order valence-corrected chi connectivity index (χ2v) is 5.64. The van der Waals surface area contributed by atoms with Crippen LogP contribution in [0.1, 0.15) is 28.4 Å². The van der Waals surface area contributed by atoms with Crippen LogP contribution in [-0.2, 0) is 0 Å². The lowest BCUT2D eigenvalue weighted by atomic mass is 10.0. The monoisotopic (exact) mass is 315 g/mol. The van der Waals surface area contributed by atoms with Gasteiger partial charge in [-0.15, -0.1) is 0 Å². The van der Waals surface area contributed by atoms with E-state index in [1.807, 2.05) is 0 Å². The minimum absolute atomic E-state index is 0.154. The standard InChI is InChI=1S/C18H18FNO3/c1-23-16-8-4-13(5-9-16)18(22)20-11-15(21)10-17(20)12-2-6-14(19)7-3-12/h2-9,15,17,21H,10-11H2,1H3/t15-,17-/m0/s1. The van der Waals surface area contributed by atoms with Crippen molar-refractivity contribution in [3.05, 3.63) is 65.5 Å². The van der Waals surface area contributed by atoms with Crippen LogP contribution in [0.25, 0.3) is 0 Å². The van der Waals surface area contributed by atoms with Crippen LogP contribution in [0.5, 0.6) is 5.75 Å². The van der Waals surface area contributed by atoms with Gasteiger partial charge in [0.15, 0.2) is 0 Å². The molecule has 1 fully saturated rings. The third kappa shape index (κ3) is 3.19. The van der Waals surface area contributed by atoms with Crippen LogP contribution in [-0.4, -0.2) is 35.7 Å². The molecule has 0 radical (unpaired) electrons. The van der Waals surface area contributed by atoms with Crippen molar-refractivity contribution >= 4 is 5.91 Å². The molecule has 0 aliphatic carbocycles. The topological polar surface area (TPSA) is 49.8 Å². The number of nitrogens with zero attached hydrogens (tertiary/aromatic N) is 1. The maximum Gasteiger partial charge on any atom is 0.254 e. The van der Waals surface area contributed by atoms with Crippen molar-refractivity contribution in [1.29, 1.82) is 0 Å². The van der Waals surface area contributed by atoms with E-state index in [2.05, 4.69) is 0 Å². The molecule has 3 rings (SSSR count). The van der Waals surface area contributed by atoms with Gasteiger partial charge in [-0.05, 0) is 48.4 Å². The summed E-state index contributed by atoms with van der Waals surface area (Å²) in [5.74, 6) is 0.206. The number of hydrogen-bond acceptors (Lipinski definition) is 3. The number of β-amino-alcohol motifs (C(OH)–C–C–N with tert-alkyl or cyclic N) is 1. The Morgan fingerprint density at radius 1 is 1.17 bits per heavy atom. The van der Waals surface area contributed by atoms with E-state index in [4.69, 9.17) is 4.74 Å². The molecule has 1 amide bonds. The smallest absolute Gasteiger partial charge is 0.254 e. The van der Waals surface area contributed by atoms with E-state index < -0.39 is 6.10 Å². The normalized spacial score (nSPS) is 20.6. The third-order valence-electron chi connectivity index (χ3n) is 4.13. The Morgan fingerprint density at radius 3 is 2.43 bits per heavy atom. The number of halogens is 1. The molecule has 23 heavy (non-hydrogen) atoms. The lowest BCUT2D eigenvalue weighted by Crippen LogP contribution is -2.31. The van der Waals surface area contributed by atoms with Crippen molar-refractivity contribution in [3.8, 4) is 5.75 Å². The summed E-state index contributed by atoms with van der Waals surface area (Å²) in [5, 5.41) is 9.98. The summed E-state index contributed by atoms with van der Waals surface area (Å²) >= 11 is 0. The van der Waals surface area contributed by atoms with Gasteiger partial charge in [0.2, 0.25) is 0 Å². The van der Waals surface area contributed by atoms with Crippen molar-refractivity contribution in [2.75, 3.05) is 13.7 Å². The molecule has 0 saturated carbocycles. The Kier molecular flexibility index (Phi) is 4.30. The van der Waals surface area contributed by atoms with Gasteiger partial charge < -0.3 is 14.7 Å². The molecule has 1 saturated heterocycles. The van der Waals surface area contributed by atoms with Gasteiger partial charge in [0.05, 0.1) is 19.3 Å². The third-order valence-corrected chi connectivity index (χ3v) is 4.13. The molecule has 2 aromatic carbocycles. The highest BCUT2D eigenvalue weighted by Crippen LogP contribution is 2.33. The van der Waals surface area contributed by atoms with E-state index in [0.29, 0.717) is 17.7 Å². The Hall–Kier alpha value is -2.40. The van der Waals surface area contributed by atoms with Crippen LogP contribution in [0.15, 0.2) is 48.5 Å². The molecule has 2 atom stereocenters. The molecule has 0 spiro atoms. The number of hydrogen-bond donors (Lipinski definition) is 1. The molecule has 2 aromatic rings. The predicted octanol–water partition coefficient (Wildman–Crippen LogP) is 2.78. The van der Waals surface area contributed by atoms with E-state index in [-0.39, 0.29) is 24.3 Å². The van der Waals surface area contributed by atoms with Crippen LogP contribution in [0.3, 0.4) is 0 Å². The molecular formula is C18H18FNO3. The maximum atomic E-state index is 13.1. The summed E-state index contributed by atoms with van der Waals surface area (Å²) in [6.45, 7) is 0.271. The highest BCUT2D eigenvalue weighted by molar-refractivity contribution is 5.94. The van der Waals surface area contributed by atoms with E-state index in [9.17, 15) is 14.3 Å². The number of carbonyl (C=O) groups excluding carboxylic acids is 1. The fraction of sp³-hybridized carbons (Fsp3) is 0.278. The van der Waals surface area contributed by atoms with Crippen molar-refractivity contribution in [2.45, 2.75) is 18.6 Å². The van der Waals surface area contributed by atoms with Gasteiger partial charge in [-0.2, -0.15) is 0 Å². The molecule has 1 aliphatic rings. The lowest BCUT2D eigenvalue weighted by Gasteiger charge is -2.25. The Balaban J connectivity index is 1.86. The van der Waals surface area contributed by atoms with Gasteiger partial charge in [-0.25, -0.2) is 4.39 Å². The number of amides is 1. The molecule has 1 heterocycles. The first-order valence-corrected chi connectivity index (χ1v) is 7.47. The second kappa shape index (κ2) is 6.38. The number of aliphatic hydroxyl groups is 1. The number of ether oxygens (including phenoxy) is 1. The van der Waals surface area contributed by atoms with Gasteiger partial charge >= 0.3 is 0 Å². The van der Waals surface area contributed by atoms with Crippen molar-refractivity contribution in [3.63, 3.8) is 0 Å². The molecule has 0 bridgehead atoms. The summed E-state index contributed by atoms with van der Waals surface area (Å²) in [5.41, 5.74) is 1.36. The van der Waals surface area contributed by atoms with Gasteiger partial charge in [0, 0.05) is 12.1 Å². The number of carbonyl (C=O) groups is 1. The summed E-state index contributed by atoms with van der Waals surface area (Å²) in [4.78, 5) is 14.4. The average Bonchev–Trinajstić information content (AvgIpc) is 2.97. The first-order chi connectivity index (χ1) is 11.1. The van der Waals surface area contributed by atoms with Crippen molar-refractivity contribution in [2.24, 2.45) is 0 Å². The zero-order chi connectivity index (χ0) is 16.4. The SMILES string of the molecule is COc1ccc(C(=O)N2C[C@@H](O)C[C@H]2c2ccc(F)cc2)cc1. The minimum Gasteiger partial charge on any atom is -0.497 e. The van der Waals surface area contributed by atoms with Crippen LogP contribution >= 0.6 is 0 Å². The Labute approximate surface area is 134 Å². The molecule has 120 valence electrons. The second-order valence-electron chi connectivity index (χ2n) is 5.64. The van der Waals surface area contributed by atoms with Crippen LogP contribution in [0.4, 0.5) is 4.39 Å². The van der Waals surface area contributed by atoms with Gasteiger partial charge in [0.25, 0.3) is 5.91 Å². The van der Waals surface area contributed by atoms with E-state index >= 15 is 0 Å². The van der Waals surface area contributed by atoms with Crippen LogP contribution in [0.2, 0.25) is 0 Å². The van der Waals surface area contributed by atoms with Gasteiger partial charge in [-0.1, -0.05) is 12.1 Å². The quantitative estimate of drug-likeness (QED) is 0.947. The fourth-order valence-electron chi connectivity index (χ4n) is 2.94. The zero-order valence-corrected chi connectivity index (χ0v) is 12.8. The molecule has 0 aromatic heterocycles. The summed E-state index contributed by atoms with van der Waals surface area (Å²) < 4.78 is 18.2. The first-order valence-electron chi connectivity index (χ1n) is 7.47. The van der Waals surface area contributed by atoms with E-state index in [1.165, 1.54) is 12.1 Å². The average molecular weight is 315 g/mol. The lowest BCUT2D eigenvalue weighted by molar-refractivity contribution is 0.0716. The Morgan fingerprint density at radius 2 is 1.83 bits per heavy atom. The van der Waals surface area contributed by atoms with Crippen molar-refractivity contribution in [1.82, 2.24) is 4.90 Å². The number of aliphatic hydroxyl groups excluding tert-OH is 1. The largest absolute Gasteiger partial charge is 0.497 e.